The van der Waals surface area contributed by atoms with Crippen molar-refractivity contribution < 1.29 is 46.8 Å². The fourth-order valence-corrected chi connectivity index (χ4v) is 2.56. The van der Waals surface area contributed by atoms with E-state index in [1.807, 2.05) is 11.0 Å². The van der Waals surface area contributed by atoms with Gasteiger partial charge in [0.2, 0.25) is 0 Å². The Kier molecular flexibility index (Phi) is 9.80. The van der Waals surface area contributed by atoms with E-state index in [-0.39, 0.29) is 11.4 Å². The highest BCUT2D eigenvalue weighted by Gasteiger charge is 2.23. The number of carbonyl (C=O) groups excluding carboxylic acids is 3. The third-order valence-corrected chi connectivity index (χ3v) is 4.98. The Morgan fingerprint density at radius 1 is 1.03 bits per heavy atom. The van der Waals surface area contributed by atoms with Crippen LogP contribution in [0.1, 0.15) is 20.8 Å². The van der Waals surface area contributed by atoms with Crippen LogP contribution < -0.4 is 15.8 Å². The van der Waals surface area contributed by atoms with Gasteiger partial charge in [-0.15, -0.1) is 0 Å². The van der Waals surface area contributed by atoms with Gasteiger partial charge in [0.05, 0.1) is 21.8 Å². The quantitative estimate of drug-likeness (QED) is 0.161. The largest absolute Gasteiger partial charge is 0.513 e. The van der Waals surface area contributed by atoms with Crippen LogP contribution in [-0.4, -0.2) is 56.3 Å². The number of amides is 1. The third-order valence-electron chi connectivity index (χ3n) is 3.40. The summed E-state index contributed by atoms with van der Waals surface area (Å²) in [5, 5.41) is 10.5. The second-order valence-corrected chi connectivity index (χ2v) is 9.41. The fraction of sp³-hybridized carbons (Fsp3) is 0.471. The summed E-state index contributed by atoms with van der Waals surface area (Å²) in [5.74, 6) is -1.78. The number of benzene rings is 1. The number of hydrogen-bond acceptors (Lipinski definition) is 12. The van der Waals surface area contributed by atoms with Gasteiger partial charge in [0, 0.05) is 12.1 Å². The van der Waals surface area contributed by atoms with E-state index in [0.29, 0.717) is 0 Å². The predicted molar refractivity (Wildman–Crippen MR) is 107 cm³/mol. The van der Waals surface area contributed by atoms with E-state index in [0.717, 1.165) is 12.1 Å². The van der Waals surface area contributed by atoms with Crippen LogP contribution in [-0.2, 0) is 28.9 Å². The van der Waals surface area contributed by atoms with Crippen molar-refractivity contribution in [2.75, 3.05) is 24.7 Å². The molecular weight excluding hydrogens is 454 g/mol. The summed E-state index contributed by atoms with van der Waals surface area (Å²) in [6.07, 6.45) is -2.27. The number of hydrazine groups is 1. The van der Waals surface area contributed by atoms with Crippen molar-refractivity contribution in [3.05, 3.63) is 34.4 Å². The average Bonchev–Trinajstić information content (AvgIpc) is 2.67. The molecule has 0 aliphatic carbocycles. The number of sulfone groups is 1. The van der Waals surface area contributed by atoms with E-state index in [1.165, 1.54) is 12.1 Å². The molecule has 0 bridgehead atoms. The minimum Gasteiger partial charge on any atom is -0.447 e. The Morgan fingerprint density at radius 3 is 2.12 bits per heavy atom. The van der Waals surface area contributed by atoms with Gasteiger partial charge >= 0.3 is 18.2 Å². The Balaban J connectivity index is 2.25. The summed E-state index contributed by atoms with van der Waals surface area (Å²) in [7, 11) is -3.73. The molecule has 14 nitrogen and oxygen atoms in total. The lowest BCUT2D eigenvalue weighted by atomic mass is 9.98. The molecule has 0 spiro atoms. The van der Waals surface area contributed by atoms with Gasteiger partial charge in [-0.2, -0.15) is 0 Å². The van der Waals surface area contributed by atoms with Crippen LogP contribution in [0.5, 0.6) is 5.75 Å². The lowest BCUT2D eigenvalue weighted by Gasteiger charge is -2.16. The second-order valence-electron chi connectivity index (χ2n) is 7.11. The third kappa shape index (κ3) is 10.5. The van der Waals surface area contributed by atoms with Crippen LogP contribution in [0, 0.1) is 15.5 Å². The molecule has 1 aromatic carbocycles. The highest BCUT2D eigenvalue weighted by atomic mass is 32.2. The summed E-state index contributed by atoms with van der Waals surface area (Å²) in [6, 6.07) is 4.59. The van der Waals surface area contributed by atoms with Crippen molar-refractivity contribution in [3.63, 3.8) is 0 Å². The van der Waals surface area contributed by atoms with Gasteiger partial charge in [-0.1, -0.05) is 5.59 Å². The Hall–Kier alpha value is -3.46. The van der Waals surface area contributed by atoms with Gasteiger partial charge in [0.15, 0.2) is 9.84 Å². The van der Waals surface area contributed by atoms with E-state index < -0.39 is 63.1 Å². The molecule has 0 aromatic heterocycles. The smallest absolute Gasteiger partial charge is 0.447 e. The highest BCUT2D eigenvalue weighted by molar-refractivity contribution is 7.91. The number of nitro groups is 1. The Labute approximate surface area is 183 Å². The first-order valence-corrected chi connectivity index (χ1v) is 10.8. The minimum absolute atomic E-state index is 0.0235. The van der Waals surface area contributed by atoms with Crippen LogP contribution >= 0.6 is 0 Å². The number of hydrogen-bond donors (Lipinski definition) is 2. The maximum atomic E-state index is 11.9. The fourth-order valence-electron chi connectivity index (χ4n) is 1.68. The number of nitrogens with zero attached hydrogens (tertiary/aromatic N) is 1. The van der Waals surface area contributed by atoms with Gasteiger partial charge in [0.1, 0.15) is 19.0 Å². The van der Waals surface area contributed by atoms with Crippen molar-refractivity contribution in [1.82, 2.24) is 11.0 Å². The number of nitrogens with one attached hydrogen (secondary N) is 2. The summed E-state index contributed by atoms with van der Waals surface area (Å²) >= 11 is 0. The highest BCUT2D eigenvalue weighted by Crippen LogP contribution is 2.17. The zero-order chi connectivity index (χ0) is 24.4. The standard InChI is InChI=1S/C17H23N3O11S/c1-17(2,3)14(21)31-19-18-15(22)28-8-10-32(26,27)11-9-29-16(23)30-13-6-4-12(5-7-13)20(24)25/h4-7,19H,8-11H2,1-3H3,(H,18,22). The molecule has 32 heavy (non-hydrogen) atoms. The molecule has 15 heteroatoms. The summed E-state index contributed by atoms with van der Waals surface area (Å²) in [5.41, 5.74) is 2.77. The van der Waals surface area contributed by atoms with Gasteiger partial charge in [-0.25, -0.2) is 28.2 Å². The van der Waals surface area contributed by atoms with Gasteiger partial charge < -0.3 is 19.0 Å². The molecule has 0 aliphatic rings. The molecule has 0 unspecified atom stereocenters. The molecule has 1 rings (SSSR count). The maximum Gasteiger partial charge on any atom is 0.513 e. The first-order valence-electron chi connectivity index (χ1n) is 8.99. The number of nitro benzene ring substituents is 1. The Bertz CT molecular complexity index is 924. The minimum atomic E-state index is -3.73. The molecule has 0 radical (unpaired) electrons. The number of rotatable bonds is 10. The van der Waals surface area contributed by atoms with Crippen LogP contribution in [0.4, 0.5) is 15.3 Å². The Morgan fingerprint density at radius 2 is 1.59 bits per heavy atom. The van der Waals surface area contributed by atoms with Crippen LogP contribution in [0.3, 0.4) is 0 Å². The molecule has 2 N–H and O–H groups in total. The molecule has 1 amide bonds. The van der Waals surface area contributed by atoms with Gasteiger partial charge in [-0.3, -0.25) is 10.1 Å². The maximum absolute atomic E-state index is 11.9. The summed E-state index contributed by atoms with van der Waals surface area (Å²) in [6.45, 7) is 3.76. The molecule has 0 saturated heterocycles. The van der Waals surface area contributed by atoms with Crippen molar-refractivity contribution >= 4 is 33.7 Å². The predicted octanol–water partition coefficient (Wildman–Crippen LogP) is 1.26. The molecule has 0 fully saturated rings. The van der Waals surface area contributed by atoms with Gasteiger partial charge in [-0.05, 0) is 32.9 Å². The first-order chi connectivity index (χ1) is 14.8. The van der Waals surface area contributed by atoms with E-state index in [4.69, 9.17) is 4.74 Å². The molecular formula is C17H23N3O11S. The van der Waals surface area contributed by atoms with Crippen molar-refractivity contribution in [3.8, 4) is 5.75 Å². The van der Waals surface area contributed by atoms with E-state index >= 15 is 0 Å². The van der Waals surface area contributed by atoms with Crippen molar-refractivity contribution in [1.29, 1.82) is 0 Å². The van der Waals surface area contributed by atoms with E-state index in [2.05, 4.69) is 14.3 Å². The first kappa shape index (κ1) is 26.6. The molecule has 0 saturated carbocycles. The van der Waals surface area contributed by atoms with Gasteiger partial charge in [0.25, 0.3) is 5.69 Å². The molecule has 0 atom stereocenters. The molecule has 1 aromatic rings. The average molecular weight is 477 g/mol. The summed E-state index contributed by atoms with van der Waals surface area (Å²) < 4.78 is 37.8. The lowest BCUT2D eigenvalue weighted by Crippen LogP contribution is -2.42. The molecule has 0 heterocycles. The lowest BCUT2D eigenvalue weighted by molar-refractivity contribution is -0.384. The van der Waals surface area contributed by atoms with Crippen LogP contribution in [0.2, 0.25) is 0 Å². The zero-order valence-corrected chi connectivity index (χ0v) is 18.3. The van der Waals surface area contributed by atoms with E-state index in [1.54, 1.807) is 20.8 Å². The van der Waals surface area contributed by atoms with E-state index in [9.17, 15) is 32.9 Å². The molecule has 0 aliphatic heterocycles. The normalized spacial score (nSPS) is 11.2. The second kappa shape index (κ2) is 11.8. The zero-order valence-electron chi connectivity index (χ0n) is 17.5. The number of ether oxygens (including phenoxy) is 3. The van der Waals surface area contributed by atoms with Crippen molar-refractivity contribution in [2.24, 2.45) is 5.41 Å². The van der Waals surface area contributed by atoms with Crippen LogP contribution in [0.15, 0.2) is 24.3 Å². The number of carbonyl (C=O) groups is 3. The topological polar surface area (TPSA) is 189 Å². The number of non-ortho nitro benzene ring substituents is 1. The summed E-state index contributed by atoms with van der Waals surface area (Å²) in [4.78, 5) is 48.9. The molecule has 178 valence electrons. The SMILES string of the molecule is CC(C)(C)C(=O)ONNC(=O)OCCS(=O)(=O)CCOC(=O)Oc1ccc([N+](=O)[O-])cc1. The van der Waals surface area contributed by atoms with Crippen molar-refractivity contribution in [2.45, 2.75) is 20.8 Å². The van der Waals surface area contributed by atoms with Crippen LogP contribution in [0.25, 0.3) is 0 Å². The monoisotopic (exact) mass is 477 g/mol.